The molecule has 0 unspecified atom stereocenters. The second kappa shape index (κ2) is 11.5. The fourth-order valence-corrected chi connectivity index (χ4v) is 3.20. The molecular weight excluding hydrogens is 446 g/mol. The minimum atomic E-state index is -0.834. The fraction of sp³-hybridized carbons (Fsp3) is 0.333. The van der Waals surface area contributed by atoms with Gasteiger partial charge in [-0.05, 0) is 49.2 Å². The van der Waals surface area contributed by atoms with Crippen molar-refractivity contribution < 1.29 is 23.6 Å². The number of carbonyl (C=O) groups excluding carboxylic acids is 2. The standard InChI is InChI=1S/C24H26ClN3O5/c1-4-15(3)21(27-23(29)16-10-12-17(25)13-11-16)24(30)32-14-20-26-22(28-33-20)18-8-6-7-9-19(18)31-5-2/h6-13,15,21H,4-5,14H2,1-3H3,(H,27,29)/t15-,21-/m0/s1. The van der Waals surface area contributed by atoms with E-state index < -0.39 is 12.0 Å². The number of carbonyl (C=O) groups is 2. The van der Waals surface area contributed by atoms with Crippen LogP contribution in [0.2, 0.25) is 5.02 Å². The summed E-state index contributed by atoms with van der Waals surface area (Å²) < 4.78 is 16.2. The van der Waals surface area contributed by atoms with E-state index in [1.54, 1.807) is 24.3 Å². The van der Waals surface area contributed by atoms with Crippen LogP contribution >= 0.6 is 11.6 Å². The fourth-order valence-electron chi connectivity index (χ4n) is 3.07. The number of esters is 1. The van der Waals surface area contributed by atoms with Gasteiger partial charge in [0.15, 0.2) is 6.61 Å². The highest BCUT2D eigenvalue weighted by molar-refractivity contribution is 6.30. The van der Waals surface area contributed by atoms with Crippen LogP contribution in [-0.2, 0) is 16.1 Å². The van der Waals surface area contributed by atoms with Crippen molar-refractivity contribution in [3.63, 3.8) is 0 Å². The Labute approximate surface area is 197 Å². The maximum atomic E-state index is 12.8. The predicted molar refractivity (Wildman–Crippen MR) is 123 cm³/mol. The summed E-state index contributed by atoms with van der Waals surface area (Å²) in [6, 6.07) is 12.9. The van der Waals surface area contributed by atoms with E-state index in [1.807, 2.05) is 45.0 Å². The average Bonchev–Trinajstić information content (AvgIpc) is 3.30. The predicted octanol–water partition coefficient (Wildman–Crippen LogP) is 4.68. The number of rotatable bonds is 10. The van der Waals surface area contributed by atoms with Gasteiger partial charge < -0.3 is 19.3 Å². The maximum Gasteiger partial charge on any atom is 0.329 e. The molecule has 3 rings (SSSR count). The topological polar surface area (TPSA) is 104 Å². The minimum Gasteiger partial charge on any atom is -0.493 e. The van der Waals surface area contributed by atoms with E-state index in [2.05, 4.69) is 15.5 Å². The van der Waals surface area contributed by atoms with E-state index in [0.717, 1.165) is 0 Å². The number of halogens is 1. The van der Waals surface area contributed by atoms with Crippen LogP contribution in [0.1, 0.15) is 43.4 Å². The molecule has 2 aromatic carbocycles. The van der Waals surface area contributed by atoms with Crippen LogP contribution in [0.3, 0.4) is 0 Å². The molecule has 174 valence electrons. The summed E-state index contributed by atoms with van der Waals surface area (Å²) in [5.41, 5.74) is 1.07. The van der Waals surface area contributed by atoms with Crippen molar-refractivity contribution >= 4 is 23.5 Å². The first-order valence-electron chi connectivity index (χ1n) is 10.7. The third-order valence-electron chi connectivity index (χ3n) is 5.09. The largest absolute Gasteiger partial charge is 0.493 e. The molecule has 1 aromatic heterocycles. The molecule has 0 aliphatic carbocycles. The van der Waals surface area contributed by atoms with Gasteiger partial charge >= 0.3 is 5.97 Å². The van der Waals surface area contributed by atoms with Crippen molar-refractivity contribution in [3.8, 4) is 17.1 Å². The normalized spacial score (nSPS) is 12.6. The maximum absolute atomic E-state index is 12.8. The number of amides is 1. The molecule has 3 aromatic rings. The summed E-state index contributed by atoms with van der Waals surface area (Å²) in [7, 11) is 0. The van der Waals surface area contributed by atoms with Gasteiger partial charge in [0.2, 0.25) is 5.82 Å². The molecule has 1 amide bonds. The number of nitrogens with zero attached hydrogens (tertiary/aromatic N) is 2. The molecule has 0 saturated heterocycles. The van der Waals surface area contributed by atoms with E-state index in [1.165, 1.54) is 0 Å². The number of para-hydroxylation sites is 1. The summed E-state index contributed by atoms with van der Waals surface area (Å²) in [6.45, 7) is 5.96. The average molecular weight is 472 g/mol. The van der Waals surface area contributed by atoms with Gasteiger partial charge in [-0.2, -0.15) is 4.98 Å². The Balaban J connectivity index is 1.66. The van der Waals surface area contributed by atoms with E-state index >= 15 is 0 Å². The molecular formula is C24H26ClN3O5. The molecule has 0 fully saturated rings. The second-order valence-corrected chi connectivity index (χ2v) is 7.83. The third-order valence-corrected chi connectivity index (χ3v) is 5.35. The Hall–Kier alpha value is -3.39. The number of aromatic nitrogens is 2. The van der Waals surface area contributed by atoms with Gasteiger partial charge in [0, 0.05) is 10.6 Å². The van der Waals surface area contributed by atoms with Crippen LogP contribution in [-0.4, -0.2) is 34.7 Å². The lowest BCUT2D eigenvalue weighted by Gasteiger charge is -2.22. The number of hydrogen-bond donors (Lipinski definition) is 1. The molecule has 8 nitrogen and oxygen atoms in total. The quantitative estimate of drug-likeness (QED) is 0.428. The smallest absolute Gasteiger partial charge is 0.329 e. The lowest BCUT2D eigenvalue weighted by atomic mass is 9.99. The Bertz CT molecular complexity index is 1080. The van der Waals surface area contributed by atoms with Crippen molar-refractivity contribution in [3.05, 3.63) is 65.0 Å². The zero-order valence-corrected chi connectivity index (χ0v) is 19.5. The number of nitrogens with one attached hydrogen (secondary N) is 1. The molecule has 0 aliphatic heterocycles. The van der Waals surface area contributed by atoms with Crippen molar-refractivity contribution in [1.29, 1.82) is 0 Å². The summed E-state index contributed by atoms with van der Waals surface area (Å²) in [5.74, 6) is -0.0185. The van der Waals surface area contributed by atoms with Crippen LogP contribution in [0.25, 0.3) is 11.4 Å². The number of benzene rings is 2. The Morgan fingerprint density at radius 1 is 1.12 bits per heavy atom. The first-order chi connectivity index (χ1) is 15.9. The molecule has 0 radical (unpaired) electrons. The van der Waals surface area contributed by atoms with Crippen molar-refractivity contribution in [2.24, 2.45) is 5.92 Å². The van der Waals surface area contributed by atoms with Crippen molar-refractivity contribution in [2.75, 3.05) is 6.61 Å². The molecule has 33 heavy (non-hydrogen) atoms. The first-order valence-corrected chi connectivity index (χ1v) is 11.1. The molecule has 1 heterocycles. The lowest BCUT2D eigenvalue weighted by Crippen LogP contribution is -2.46. The van der Waals surface area contributed by atoms with Gasteiger partial charge in [0.25, 0.3) is 11.8 Å². The van der Waals surface area contributed by atoms with Crippen LogP contribution in [0.5, 0.6) is 5.75 Å². The summed E-state index contributed by atoms with van der Waals surface area (Å²) in [6.07, 6.45) is 0.666. The monoisotopic (exact) mass is 471 g/mol. The van der Waals surface area contributed by atoms with Crippen LogP contribution in [0.15, 0.2) is 53.1 Å². The highest BCUT2D eigenvalue weighted by Crippen LogP contribution is 2.27. The van der Waals surface area contributed by atoms with Gasteiger partial charge in [-0.25, -0.2) is 4.79 Å². The molecule has 0 saturated carbocycles. The summed E-state index contributed by atoms with van der Waals surface area (Å²) in [5, 5.41) is 7.23. The highest BCUT2D eigenvalue weighted by Gasteiger charge is 2.28. The summed E-state index contributed by atoms with van der Waals surface area (Å²) in [4.78, 5) is 29.7. The van der Waals surface area contributed by atoms with Gasteiger partial charge in [-0.15, -0.1) is 0 Å². The Kier molecular flexibility index (Phi) is 8.43. The lowest BCUT2D eigenvalue weighted by molar-refractivity contribution is -0.149. The second-order valence-electron chi connectivity index (χ2n) is 7.39. The Morgan fingerprint density at radius 3 is 2.55 bits per heavy atom. The number of hydrogen-bond acceptors (Lipinski definition) is 7. The number of ether oxygens (including phenoxy) is 2. The van der Waals surface area contributed by atoms with E-state index in [9.17, 15) is 9.59 Å². The van der Waals surface area contributed by atoms with Crippen molar-refractivity contribution in [1.82, 2.24) is 15.5 Å². The Morgan fingerprint density at radius 2 is 1.85 bits per heavy atom. The molecule has 0 bridgehead atoms. The highest BCUT2D eigenvalue weighted by atomic mass is 35.5. The molecule has 0 aliphatic rings. The van der Waals surface area contributed by atoms with Crippen LogP contribution < -0.4 is 10.1 Å². The molecule has 2 atom stereocenters. The van der Waals surface area contributed by atoms with Crippen LogP contribution in [0, 0.1) is 5.92 Å². The molecule has 9 heteroatoms. The van der Waals surface area contributed by atoms with Gasteiger partial charge in [-0.1, -0.05) is 49.2 Å². The van der Waals surface area contributed by atoms with Crippen molar-refractivity contribution in [2.45, 2.75) is 39.8 Å². The third kappa shape index (κ3) is 6.32. The van der Waals surface area contributed by atoms with Gasteiger partial charge in [0.05, 0.1) is 12.2 Å². The zero-order valence-electron chi connectivity index (χ0n) is 18.7. The summed E-state index contributed by atoms with van der Waals surface area (Å²) >= 11 is 5.88. The molecule has 1 N–H and O–H groups in total. The van der Waals surface area contributed by atoms with E-state index in [-0.39, 0.29) is 24.3 Å². The molecule has 0 spiro atoms. The van der Waals surface area contributed by atoms with E-state index in [0.29, 0.717) is 40.8 Å². The first kappa shape index (κ1) is 24.3. The van der Waals surface area contributed by atoms with E-state index in [4.69, 9.17) is 25.6 Å². The van der Waals surface area contributed by atoms with Gasteiger partial charge in [0.1, 0.15) is 11.8 Å². The zero-order chi connectivity index (χ0) is 23.8. The SMILES string of the molecule is CCOc1ccccc1-c1noc(COC(=O)[C@@H](NC(=O)c2ccc(Cl)cc2)[C@@H](C)CC)n1. The minimum absolute atomic E-state index is 0.136. The van der Waals surface area contributed by atoms with Crippen LogP contribution in [0.4, 0.5) is 0 Å². The van der Waals surface area contributed by atoms with Gasteiger partial charge in [-0.3, -0.25) is 4.79 Å².